The Bertz CT molecular complexity index is 1110. The van der Waals surface area contributed by atoms with E-state index in [1.807, 2.05) is 24.3 Å². The van der Waals surface area contributed by atoms with Crippen LogP contribution in [0.3, 0.4) is 0 Å². The van der Waals surface area contributed by atoms with Crippen molar-refractivity contribution in [2.75, 3.05) is 12.4 Å². The highest BCUT2D eigenvalue weighted by Gasteiger charge is 2.38. The van der Waals surface area contributed by atoms with Crippen molar-refractivity contribution in [2.24, 2.45) is 0 Å². The fraction of sp³-hybridized carbons (Fsp3) is 0.167. The molecule has 1 unspecified atom stereocenters. The standard InChI is InChI=1S/C24H21ClN2O3/c1-16-21(12-11-18(15-26)22(16)25)27-23(28)24(29,19-8-4-3-5-9-19)14-17-7-6-10-20(13-17)30-2/h3-13,29H,14H2,1-2H3,(H,27,28). The highest BCUT2D eigenvalue weighted by Crippen LogP contribution is 2.32. The van der Waals surface area contributed by atoms with Gasteiger partial charge in [-0.1, -0.05) is 54.1 Å². The summed E-state index contributed by atoms with van der Waals surface area (Å²) in [5.74, 6) is 0.0402. The lowest BCUT2D eigenvalue weighted by molar-refractivity contribution is -0.135. The first-order valence-electron chi connectivity index (χ1n) is 9.30. The average molecular weight is 421 g/mol. The third-order valence-electron chi connectivity index (χ3n) is 4.98. The number of ether oxygens (including phenoxy) is 1. The molecule has 0 fully saturated rings. The Labute approximate surface area is 180 Å². The topological polar surface area (TPSA) is 82.3 Å². The molecule has 0 aromatic heterocycles. The minimum atomic E-state index is -1.83. The summed E-state index contributed by atoms with van der Waals surface area (Å²) in [4.78, 5) is 13.3. The van der Waals surface area contributed by atoms with E-state index in [-0.39, 0.29) is 11.4 Å². The van der Waals surface area contributed by atoms with Gasteiger partial charge in [0.1, 0.15) is 11.8 Å². The number of amides is 1. The first-order valence-corrected chi connectivity index (χ1v) is 9.68. The fourth-order valence-corrected chi connectivity index (χ4v) is 3.44. The Kier molecular flexibility index (Phi) is 6.41. The molecule has 2 N–H and O–H groups in total. The first-order chi connectivity index (χ1) is 14.4. The van der Waals surface area contributed by atoms with Gasteiger partial charge in [-0.15, -0.1) is 0 Å². The lowest BCUT2D eigenvalue weighted by Crippen LogP contribution is -2.42. The molecular formula is C24H21ClN2O3. The normalized spacial score (nSPS) is 12.5. The van der Waals surface area contributed by atoms with Crippen molar-refractivity contribution in [3.63, 3.8) is 0 Å². The van der Waals surface area contributed by atoms with Gasteiger partial charge in [-0.05, 0) is 47.9 Å². The van der Waals surface area contributed by atoms with Crippen LogP contribution in [0.25, 0.3) is 0 Å². The molecule has 1 amide bonds. The predicted octanol–water partition coefficient (Wildman–Crippen LogP) is 4.60. The van der Waals surface area contributed by atoms with Crippen molar-refractivity contribution in [1.29, 1.82) is 5.26 Å². The van der Waals surface area contributed by atoms with Crippen LogP contribution in [0, 0.1) is 18.3 Å². The van der Waals surface area contributed by atoms with Crippen molar-refractivity contribution in [1.82, 2.24) is 0 Å². The Hall–Kier alpha value is -3.33. The largest absolute Gasteiger partial charge is 0.497 e. The molecule has 30 heavy (non-hydrogen) atoms. The van der Waals surface area contributed by atoms with Gasteiger partial charge in [-0.2, -0.15) is 5.26 Å². The number of carbonyl (C=O) groups excluding carboxylic acids is 1. The number of carbonyl (C=O) groups is 1. The fourth-order valence-electron chi connectivity index (χ4n) is 3.24. The molecule has 0 heterocycles. The van der Waals surface area contributed by atoms with Crippen molar-refractivity contribution in [2.45, 2.75) is 18.9 Å². The molecule has 0 saturated carbocycles. The number of hydrogen-bond acceptors (Lipinski definition) is 4. The second-order valence-electron chi connectivity index (χ2n) is 6.92. The van der Waals surface area contributed by atoms with Crippen LogP contribution in [0.4, 0.5) is 5.69 Å². The van der Waals surface area contributed by atoms with E-state index in [2.05, 4.69) is 5.32 Å². The number of benzene rings is 3. The van der Waals surface area contributed by atoms with Gasteiger partial charge >= 0.3 is 0 Å². The van der Waals surface area contributed by atoms with Crippen LogP contribution in [0.1, 0.15) is 22.3 Å². The maximum absolute atomic E-state index is 13.3. The third kappa shape index (κ3) is 4.30. The number of hydrogen-bond donors (Lipinski definition) is 2. The predicted molar refractivity (Wildman–Crippen MR) is 117 cm³/mol. The average Bonchev–Trinajstić information content (AvgIpc) is 2.77. The molecule has 6 heteroatoms. The summed E-state index contributed by atoms with van der Waals surface area (Å²) in [7, 11) is 1.56. The van der Waals surface area contributed by atoms with Crippen LogP contribution >= 0.6 is 11.6 Å². The van der Waals surface area contributed by atoms with Gasteiger partial charge < -0.3 is 15.2 Å². The molecule has 3 aromatic carbocycles. The van der Waals surface area contributed by atoms with Crippen molar-refractivity contribution in [3.8, 4) is 11.8 Å². The van der Waals surface area contributed by atoms with Crippen molar-refractivity contribution >= 4 is 23.2 Å². The number of nitriles is 1. The Balaban J connectivity index is 1.99. The lowest BCUT2D eigenvalue weighted by Gasteiger charge is -2.28. The molecule has 0 radical (unpaired) electrons. The van der Waals surface area contributed by atoms with Gasteiger partial charge in [-0.25, -0.2) is 0 Å². The lowest BCUT2D eigenvalue weighted by atomic mass is 9.86. The number of aliphatic hydroxyl groups is 1. The highest BCUT2D eigenvalue weighted by atomic mass is 35.5. The second-order valence-corrected chi connectivity index (χ2v) is 7.30. The quantitative estimate of drug-likeness (QED) is 0.610. The molecule has 5 nitrogen and oxygen atoms in total. The number of rotatable bonds is 6. The van der Waals surface area contributed by atoms with E-state index in [0.29, 0.717) is 28.1 Å². The molecule has 0 spiro atoms. The summed E-state index contributed by atoms with van der Waals surface area (Å²) in [5, 5.41) is 23.7. The molecule has 0 aliphatic carbocycles. The second kappa shape index (κ2) is 9.00. The number of methoxy groups -OCH3 is 1. The number of nitrogens with one attached hydrogen (secondary N) is 1. The van der Waals surface area contributed by atoms with Gasteiger partial charge in [0.15, 0.2) is 5.60 Å². The molecule has 3 aromatic rings. The van der Waals surface area contributed by atoms with Gasteiger partial charge in [-0.3, -0.25) is 4.79 Å². The summed E-state index contributed by atoms with van der Waals surface area (Å²) in [5.41, 5.74) is 0.681. The minimum Gasteiger partial charge on any atom is -0.497 e. The van der Waals surface area contributed by atoms with Crippen LogP contribution in [-0.4, -0.2) is 18.1 Å². The van der Waals surface area contributed by atoms with Crippen LogP contribution in [0.2, 0.25) is 5.02 Å². The van der Waals surface area contributed by atoms with E-state index in [1.54, 1.807) is 56.5 Å². The summed E-state index contributed by atoms with van der Waals surface area (Å²) in [6, 6.07) is 21.1. The summed E-state index contributed by atoms with van der Waals surface area (Å²) in [6.45, 7) is 1.71. The summed E-state index contributed by atoms with van der Waals surface area (Å²) < 4.78 is 5.26. The maximum Gasteiger partial charge on any atom is 0.261 e. The number of nitrogens with zero attached hydrogens (tertiary/aromatic N) is 1. The van der Waals surface area contributed by atoms with E-state index in [4.69, 9.17) is 21.6 Å². The minimum absolute atomic E-state index is 0.0447. The zero-order valence-corrected chi connectivity index (χ0v) is 17.4. The highest BCUT2D eigenvalue weighted by molar-refractivity contribution is 6.33. The van der Waals surface area contributed by atoms with Crippen molar-refractivity contribution in [3.05, 3.63) is 94.0 Å². The van der Waals surface area contributed by atoms with E-state index < -0.39 is 11.5 Å². The first kappa shape index (κ1) is 21.4. The smallest absolute Gasteiger partial charge is 0.261 e. The van der Waals surface area contributed by atoms with E-state index in [9.17, 15) is 9.90 Å². The van der Waals surface area contributed by atoms with Crippen LogP contribution in [0.5, 0.6) is 5.75 Å². The monoisotopic (exact) mass is 420 g/mol. The number of anilines is 1. The number of halogens is 1. The van der Waals surface area contributed by atoms with E-state index in [0.717, 1.165) is 5.56 Å². The Morgan fingerprint density at radius 2 is 1.90 bits per heavy atom. The van der Waals surface area contributed by atoms with E-state index >= 15 is 0 Å². The Morgan fingerprint density at radius 1 is 1.17 bits per heavy atom. The van der Waals surface area contributed by atoms with Gasteiger partial charge in [0.2, 0.25) is 0 Å². The van der Waals surface area contributed by atoms with Crippen LogP contribution in [0.15, 0.2) is 66.7 Å². The van der Waals surface area contributed by atoms with Crippen molar-refractivity contribution < 1.29 is 14.6 Å². The SMILES string of the molecule is COc1cccc(CC(O)(C(=O)Nc2ccc(C#N)c(Cl)c2C)c2ccccc2)c1. The zero-order valence-electron chi connectivity index (χ0n) is 16.6. The van der Waals surface area contributed by atoms with E-state index in [1.165, 1.54) is 6.07 Å². The molecule has 0 bridgehead atoms. The molecule has 152 valence electrons. The molecule has 3 rings (SSSR count). The Morgan fingerprint density at radius 3 is 2.57 bits per heavy atom. The zero-order chi connectivity index (χ0) is 21.7. The van der Waals surface area contributed by atoms with Gasteiger partial charge in [0.25, 0.3) is 5.91 Å². The van der Waals surface area contributed by atoms with Crippen LogP contribution < -0.4 is 10.1 Å². The van der Waals surface area contributed by atoms with Gasteiger partial charge in [0, 0.05) is 12.1 Å². The molecule has 0 aliphatic heterocycles. The third-order valence-corrected chi connectivity index (χ3v) is 5.46. The van der Waals surface area contributed by atoms with Crippen LogP contribution in [-0.2, 0) is 16.8 Å². The van der Waals surface area contributed by atoms with Gasteiger partial charge in [0.05, 0.1) is 17.7 Å². The molecule has 0 aliphatic rings. The molecular weight excluding hydrogens is 400 g/mol. The maximum atomic E-state index is 13.3. The summed E-state index contributed by atoms with van der Waals surface area (Å²) in [6.07, 6.45) is 0.0447. The molecule has 1 atom stereocenters. The molecule has 0 saturated heterocycles. The summed E-state index contributed by atoms with van der Waals surface area (Å²) >= 11 is 6.23.